The molecule has 2 rings (SSSR count). The third-order valence-electron chi connectivity index (χ3n) is 4.56. The number of carboxylic acids is 1. The molecule has 0 saturated heterocycles. The van der Waals surface area contributed by atoms with Crippen LogP contribution in [0.1, 0.15) is 38.5 Å². The fourth-order valence-corrected chi connectivity index (χ4v) is 3.82. The number of unbranched alkanes of at least 4 members (excludes halogenated alkanes) is 4. The van der Waals surface area contributed by atoms with Gasteiger partial charge in [0, 0.05) is 54.8 Å². The summed E-state index contributed by atoms with van der Waals surface area (Å²) in [5.74, 6) is -0.768. The molecule has 0 aliphatic rings. The monoisotopic (exact) mass is 391 g/mol. The Hall–Kier alpha value is -2.12. The van der Waals surface area contributed by atoms with Gasteiger partial charge in [-0.15, -0.1) is 0 Å². The summed E-state index contributed by atoms with van der Waals surface area (Å²) in [5.41, 5.74) is 1.74. The number of carboxylic acid groups (broad SMARTS) is 1. The van der Waals surface area contributed by atoms with Gasteiger partial charge in [-0.3, -0.25) is 9.00 Å². The zero-order valence-electron chi connectivity index (χ0n) is 15.9. The summed E-state index contributed by atoms with van der Waals surface area (Å²) >= 11 is -2.35. The Morgan fingerprint density at radius 3 is 2.11 bits per heavy atom. The topological polar surface area (TPSA) is 83.9 Å². The summed E-state index contributed by atoms with van der Waals surface area (Å²) < 4.78 is 25.1. The van der Waals surface area contributed by atoms with E-state index < -0.39 is 17.2 Å². The number of benzene rings is 2. The van der Waals surface area contributed by atoms with Gasteiger partial charge in [0.15, 0.2) is 0 Å². The molecule has 0 spiro atoms. The highest BCUT2D eigenvalue weighted by atomic mass is 32.2. The van der Waals surface area contributed by atoms with Gasteiger partial charge in [-0.25, -0.2) is 0 Å². The first-order valence-electron chi connectivity index (χ1n) is 9.19. The van der Waals surface area contributed by atoms with E-state index in [0.29, 0.717) is 18.7 Å². The van der Waals surface area contributed by atoms with Crippen LogP contribution in [0, 0.1) is 0 Å². The van der Waals surface area contributed by atoms with Gasteiger partial charge in [0.2, 0.25) is 0 Å². The lowest BCUT2D eigenvalue weighted by Crippen LogP contribution is -2.26. The Morgan fingerprint density at radius 1 is 0.963 bits per heavy atom. The van der Waals surface area contributed by atoms with Crippen LogP contribution in [0.4, 0.5) is 11.4 Å². The summed E-state index contributed by atoms with van der Waals surface area (Å²) in [4.78, 5) is 12.5. The molecule has 7 heteroatoms. The van der Waals surface area contributed by atoms with Crippen molar-refractivity contribution < 1.29 is 18.7 Å². The molecule has 6 nitrogen and oxygen atoms in total. The molecule has 1 atom stereocenters. The average molecular weight is 392 g/mol. The maximum atomic E-state index is 11.9. The van der Waals surface area contributed by atoms with Crippen molar-refractivity contribution in [3.05, 3.63) is 36.4 Å². The fraction of sp³-hybridized carbons (Fsp3) is 0.450. The molecule has 0 heterocycles. The second-order valence-corrected chi connectivity index (χ2v) is 7.65. The molecule has 148 valence electrons. The van der Waals surface area contributed by atoms with E-state index in [4.69, 9.17) is 5.11 Å². The first-order chi connectivity index (χ1) is 12.9. The first-order valence-corrected chi connectivity index (χ1v) is 10.2. The molecule has 1 N–H and O–H groups in total. The summed E-state index contributed by atoms with van der Waals surface area (Å²) in [6.07, 6.45) is 4.25. The van der Waals surface area contributed by atoms with Crippen molar-refractivity contribution in [2.24, 2.45) is 0 Å². The Morgan fingerprint density at radius 2 is 1.52 bits per heavy atom. The van der Waals surface area contributed by atoms with Gasteiger partial charge in [0.25, 0.3) is 0 Å². The van der Waals surface area contributed by atoms with Crippen LogP contribution in [0.25, 0.3) is 10.8 Å². The van der Waals surface area contributed by atoms with Crippen molar-refractivity contribution in [1.82, 2.24) is 0 Å². The van der Waals surface area contributed by atoms with Crippen molar-refractivity contribution in [3.63, 3.8) is 0 Å². The van der Waals surface area contributed by atoms with E-state index >= 15 is 0 Å². The van der Waals surface area contributed by atoms with E-state index in [9.17, 15) is 13.6 Å². The van der Waals surface area contributed by atoms with Crippen LogP contribution in [-0.2, 0) is 16.1 Å². The van der Waals surface area contributed by atoms with E-state index in [0.717, 1.165) is 42.1 Å². The molecule has 0 aliphatic carbocycles. The van der Waals surface area contributed by atoms with Crippen LogP contribution in [0.5, 0.6) is 0 Å². The maximum Gasteiger partial charge on any atom is 0.303 e. The molecule has 1 unspecified atom stereocenters. The van der Waals surface area contributed by atoms with Gasteiger partial charge < -0.3 is 18.9 Å². The number of anilines is 2. The number of rotatable bonds is 11. The van der Waals surface area contributed by atoms with Crippen molar-refractivity contribution in [2.75, 3.05) is 29.8 Å². The van der Waals surface area contributed by atoms with E-state index in [1.807, 2.05) is 55.4 Å². The van der Waals surface area contributed by atoms with Crippen molar-refractivity contribution >= 4 is 39.4 Å². The largest absolute Gasteiger partial charge is 0.755 e. The van der Waals surface area contributed by atoms with E-state index in [2.05, 4.69) is 0 Å². The van der Waals surface area contributed by atoms with Crippen LogP contribution in [0.3, 0.4) is 0 Å². The molecule has 2 aromatic carbocycles. The molecular weight excluding hydrogens is 364 g/mol. The van der Waals surface area contributed by atoms with E-state index in [1.165, 1.54) is 4.31 Å². The Balaban J connectivity index is 2.07. The zero-order chi connectivity index (χ0) is 19.8. The lowest BCUT2D eigenvalue weighted by Gasteiger charge is -2.28. The standard InChI is InChI=1S/C20H28N2O4S/c1-21(2)18-12-8-11-17-16(18)10-9-13-19(17)22(27(25)26)15-7-5-3-4-6-14-20(23)24/h8-13H,3-7,14-15H2,1-2H3,(H,23,24)(H,25,26)/p-1. The molecule has 0 aromatic heterocycles. The number of nitrogens with zero attached hydrogens (tertiary/aromatic N) is 2. The minimum atomic E-state index is -2.35. The van der Waals surface area contributed by atoms with Gasteiger partial charge in [-0.1, -0.05) is 43.5 Å². The van der Waals surface area contributed by atoms with Crippen molar-refractivity contribution in [2.45, 2.75) is 38.5 Å². The van der Waals surface area contributed by atoms with Gasteiger partial charge in [-0.05, 0) is 25.0 Å². The SMILES string of the molecule is CN(C)c1cccc2c(N(CCCCCCCC(=O)O)S(=O)[O-])cccc12. The lowest BCUT2D eigenvalue weighted by atomic mass is 10.1. The van der Waals surface area contributed by atoms with Crippen LogP contribution < -0.4 is 9.21 Å². The normalized spacial score (nSPS) is 12.1. The number of aliphatic carboxylic acids is 1. The zero-order valence-corrected chi connectivity index (χ0v) is 16.7. The number of fused-ring (bicyclic) bond motifs is 1. The predicted octanol–water partition coefficient (Wildman–Crippen LogP) is 3.93. The molecule has 0 fully saturated rings. The summed E-state index contributed by atoms with van der Waals surface area (Å²) in [7, 11) is 3.94. The molecule has 0 saturated carbocycles. The molecule has 27 heavy (non-hydrogen) atoms. The summed E-state index contributed by atoms with van der Waals surface area (Å²) in [5, 5.41) is 10.6. The Labute approximate surface area is 163 Å². The summed E-state index contributed by atoms with van der Waals surface area (Å²) in [6, 6.07) is 11.6. The Kier molecular flexibility index (Phi) is 8.06. The highest BCUT2D eigenvalue weighted by molar-refractivity contribution is 7.80. The van der Waals surface area contributed by atoms with E-state index in [1.54, 1.807) is 0 Å². The highest BCUT2D eigenvalue weighted by Gasteiger charge is 2.13. The highest BCUT2D eigenvalue weighted by Crippen LogP contribution is 2.33. The third-order valence-corrected chi connectivity index (χ3v) is 5.30. The molecule has 0 amide bonds. The minimum Gasteiger partial charge on any atom is -0.755 e. The van der Waals surface area contributed by atoms with Crippen LogP contribution >= 0.6 is 0 Å². The molecule has 2 aromatic rings. The quantitative estimate of drug-likeness (QED) is 0.463. The molecule has 0 radical (unpaired) electrons. The Bertz CT molecular complexity index is 795. The number of hydrogen-bond donors (Lipinski definition) is 1. The van der Waals surface area contributed by atoms with Crippen LogP contribution in [0.2, 0.25) is 0 Å². The van der Waals surface area contributed by atoms with Gasteiger partial charge in [0.05, 0.1) is 5.69 Å². The summed E-state index contributed by atoms with van der Waals surface area (Å²) in [6.45, 7) is 0.417. The van der Waals surface area contributed by atoms with Gasteiger partial charge in [-0.2, -0.15) is 0 Å². The lowest BCUT2D eigenvalue weighted by molar-refractivity contribution is -0.137. The smallest absolute Gasteiger partial charge is 0.303 e. The third kappa shape index (κ3) is 5.94. The molecule has 0 bridgehead atoms. The molecule has 0 aliphatic heterocycles. The fourth-order valence-electron chi connectivity index (χ4n) is 3.22. The maximum absolute atomic E-state index is 11.9. The second-order valence-electron chi connectivity index (χ2n) is 6.77. The second kappa shape index (κ2) is 10.3. The number of carbonyl (C=O) groups is 1. The average Bonchev–Trinajstić information content (AvgIpc) is 2.62. The first kappa shape index (κ1) is 21.2. The van der Waals surface area contributed by atoms with Crippen molar-refractivity contribution in [1.29, 1.82) is 0 Å². The minimum absolute atomic E-state index is 0.195. The molecular formula is C20H27N2O4S-. The van der Waals surface area contributed by atoms with Crippen LogP contribution in [-0.4, -0.2) is 40.5 Å². The van der Waals surface area contributed by atoms with E-state index in [-0.39, 0.29) is 6.42 Å². The predicted molar refractivity (Wildman–Crippen MR) is 110 cm³/mol. The van der Waals surface area contributed by atoms with Gasteiger partial charge in [0.1, 0.15) is 0 Å². The van der Waals surface area contributed by atoms with Crippen molar-refractivity contribution in [3.8, 4) is 0 Å². The number of hydrogen-bond acceptors (Lipinski definition) is 4. The van der Waals surface area contributed by atoms with Gasteiger partial charge >= 0.3 is 5.97 Å². The van der Waals surface area contributed by atoms with Crippen LogP contribution in [0.15, 0.2) is 36.4 Å².